The van der Waals surface area contributed by atoms with Crippen molar-refractivity contribution in [1.82, 2.24) is 0 Å². The molecule has 106 valence electrons. The van der Waals surface area contributed by atoms with Crippen molar-refractivity contribution in [3.05, 3.63) is 11.6 Å². The third-order valence-corrected chi connectivity index (χ3v) is 5.20. The molecular formula is C16H24O3. The number of rotatable bonds is 1. The highest BCUT2D eigenvalue weighted by Gasteiger charge is 2.54. The van der Waals surface area contributed by atoms with Crippen LogP contribution >= 0.6 is 0 Å². The van der Waals surface area contributed by atoms with Crippen molar-refractivity contribution < 1.29 is 14.3 Å². The number of carbonyl (C=O) groups is 2. The molecule has 5 atom stereocenters. The maximum Gasteiger partial charge on any atom is 0.318 e. The molecule has 5 unspecified atom stereocenters. The van der Waals surface area contributed by atoms with E-state index in [4.69, 9.17) is 4.74 Å². The van der Waals surface area contributed by atoms with E-state index in [0.717, 1.165) is 0 Å². The van der Waals surface area contributed by atoms with Gasteiger partial charge in [0.2, 0.25) is 0 Å². The van der Waals surface area contributed by atoms with Gasteiger partial charge >= 0.3 is 11.9 Å². The minimum absolute atomic E-state index is 0.0957. The van der Waals surface area contributed by atoms with Crippen LogP contribution in [0.4, 0.5) is 0 Å². The number of fused-ring (bicyclic) bond motifs is 1. The molecule has 3 heteroatoms. The molecule has 2 rings (SSSR count). The summed E-state index contributed by atoms with van der Waals surface area (Å²) in [7, 11) is 0. The molecule has 0 spiro atoms. The van der Waals surface area contributed by atoms with Crippen molar-refractivity contribution in [3.63, 3.8) is 0 Å². The van der Waals surface area contributed by atoms with E-state index in [2.05, 4.69) is 40.7 Å². The Morgan fingerprint density at radius 3 is 2.21 bits per heavy atom. The van der Waals surface area contributed by atoms with Crippen molar-refractivity contribution in [2.75, 3.05) is 0 Å². The van der Waals surface area contributed by atoms with Crippen LogP contribution in [0.25, 0.3) is 0 Å². The molecule has 0 aromatic carbocycles. The lowest BCUT2D eigenvalue weighted by molar-refractivity contribution is -0.154. The Labute approximate surface area is 115 Å². The van der Waals surface area contributed by atoms with E-state index in [1.807, 2.05) is 6.92 Å². The summed E-state index contributed by atoms with van der Waals surface area (Å²) in [6.07, 6.45) is 2.20. The van der Waals surface area contributed by atoms with E-state index < -0.39 is 0 Å². The second-order valence-electron chi connectivity index (χ2n) is 7.22. The first-order chi connectivity index (χ1) is 8.64. The zero-order valence-corrected chi connectivity index (χ0v) is 12.7. The number of hydrogen-bond donors (Lipinski definition) is 0. The van der Waals surface area contributed by atoms with Gasteiger partial charge in [0.25, 0.3) is 0 Å². The fourth-order valence-corrected chi connectivity index (χ4v) is 3.32. The Bertz CT molecular complexity index is 441. The van der Waals surface area contributed by atoms with Crippen LogP contribution in [0.1, 0.15) is 41.5 Å². The van der Waals surface area contributed by atoms with Gasteiger partial charge < -0.3 is 4.74 Å². The number of allylic oxidation sites excluding steroid dienone is 2. The highest BCUT2D eigenvalue weighted by atomic mass is 16.6. The van der Waals surface area contributed by atoms with Gasteiger partial charge in [0.05, 0.1) is 11.8 Å². The topological polar surface area (TPSA) is 43.4 Å². The average Bonchev–Trinajstić information content (AvgIpc) is 2.57. The summed E-state index contributed by atoms with van der Waals surface area (Å²) in [5, 5.41) is 0. The maximum absolute atomic E-state index is 12.0. The van der Waals surface area contributed by atoms with Crippen molar-refractivity contribution in [1.29, 1.82) is 0 Å². The average molecular weight is 264 g/mol. The van der Waals surface area contributed by atoms with Gasteiger partial charge in [0.1, 0.15) is 0 Å². The van der Waals surface area contributed by atoms with Crippen molar-refractivity contribution >= 4 is 11.9 Å². The van der Waals surface area contributed by atoms with E-state index in [0.29, 0.717) is 5.92 Å². The van der Waals surface area contributed by atoms with Gasteiger partial charge in [-0.2, -0.15) is 0 Å². The summed E-state index contributed by atoms with van der Waals surface area (Å²) in [6, 6.07) is 0. The molecule has 0 saturated carbocycles. The summed E-state index contributed by atoms with van der Waals surface area (Å²) in [5.41, 5.74) is 1.30. The maximum atomic E-state index is 12.0. The fraction of sp³-hybridized carbons (Fsp3) is 0.750. The van der Waals surface area contributed by atoms with Gasteiger partial charge in [-0.1, -0.05) is 46.3 Å². The minimum atomic E-state index is -0.332. The standard InChI is InChI=1S/C16H24O3/c1-8-7-11(10(3)16(4,5)6)13-12(9(8)2)14(17)19-15(13)18/h7,9-13H,1-6H3. The number of esters is 2. The zero-order chi connectivity index (χ0) is 14.5. The van der Waals surface area contributed by atoms with Gasteiger partial charge in [-0.3, -0.25) is 9.59 Å². The Morgan fingerprint density at radius 2 is 1.68 bits per heavy atom. The molecule has 0 aromatic heterocycles. The molecule has 0 amide bonds. The molecular weight excluding hydrogens is 240 g/mol. The van der Waals surface area contributed by atoms with Crippen LogP contribution in [0.5, 0.6) is 0 Å². The van der Waals surface area contributed by atoms with Gasteiger partial charge in [0.15, 0.2) is 0 Å². The van der Waals surface area contributed by atoms with E-state index >= 15 is 0 Å². The monoisotopic (exact) mass is 264 g/mol. The number of carbonyl (C=O) groups excluding carboxylic acids is 2. The van der Waals surface area contributed by atoms with Crippen LogP contribution in [-0.4, -0.2) is 11.9 Å². The van der Waals surface area contributed by atoms with E-state index in [9.17, 15) is 9.59 Å². The molecule has 0 aromatic rings. The molecule has 0 N–H and O–H groups in total. The normalized spacial score (nSPS) is 36.6. The molecule has 1 fully saturated rings. The van der Waals surface area contributed by atoms with Crippen molar-refractivity contribution in [2.24, 2.45) is 35.0 Å². The molecule has 0 radical (unpaired) electrons. The summed E-state index contributed by atoms with van der Waals surface area (Å²) >= 11 is 0. The molecule has 0 bridgehead atoms. The molecule has 19 heavy (non-hydrogen) atoms. The highest BCUT2D eigenvalue weighted by molar-refractivity contribution is 5.97. The second kappa shape index (κ2) is 4.46. The van der Waals surface area contributed by atoms with Gasteiger partial charge in [-0.05, 0) is 30.1 Å². The Morgan fingerprint density at radius 1 is 1.16 bits per heavy atom. The summed E-state index contributed by atoms with van der Waals surface area (Å²) < 4.78 is 4.91. The van der Waals surface area contributed by atoms with E-state index in [-0.39, 0.29) is 41.0 Å². The molecule has 2 aliphatic rings. The van der Waals surface area contributed by atoms with Crippen molar-refractivity contribution in [3.8, 4) is 0 Å². The smallest absolute Gasteiger partial charge is 0.318 e. The quantitative estimate of drug-likeness (QED) is 0.415. The van der Waals surface area contributed by atoms with Crippen molar-refractivity contribution in [2.45, 2.75) is 41.5 Å². The van der Waals surface area contributed by atoms with E-state index in [1.165, 1.54) is 5.57 Å². The van der Waals surface area contributed by atoms with E-state index in [1.54, 1.807) is 0 Å². The number of cyclic esters (lactones) is 2. The molecule has 1 heterocycles. The summed E-state index contributed by atoms with van der Waals surface area (Å²) in [5.74, 6) is -0.714. The number of hydrogen-bond acceptors (Lipinski definition) is 3. The Balaban J connectivity index is 2.43. The van der Waals surface area contributed by atoms with Crippen LogP contribution in [-0.2, 0) is 14.3 Å². The van der Waals surface area contributed by atoms with Gasteiger partial charge in [-0.15, -0.1) is 0 Å². The van der Waals surface area contributed by atoms with Crippen LogP contribution in [0.2, 0.25) is 0 Å². The second-order valence-corrected chi connectivity index (χ2v) is 7.22. The zero-order valence-electron chi connectivity index (χ0n) is 12.7. The summed E-state index contributed by atoms with van der Waals surface area (Å²) in [6.45, 7) is 12.8. The molecule has 1 aliphatic heterocycles. The summed E-state index contributed by atoms with van der Waals surface area (Å²) in [4.78, 5) is 24.0. The lowest BCUT2D eigenvalue weighted by atomic mass is 9.61. The minimum Gasteiger partial charge on any atom is -0.393 e. The fourth-order valence-electron chi connectivity index (χ4n) is 3.32. The molecule has 1 aliphatic carbocycles. The Kier molecular flexibility index (Phi) is 3.36. The van der Waals surface area contributed by atoms with Crippen LogP contribution in [0.15, 0.2) is 11.6 Å². The van der Waals surface area contributed by atoms with Gasteiger partial charge in [-0.25, -0.2) is 0 Å². The predicted octanol–water partition coefficient (Wildman–Crippen LogP) is 3.20. The largest absolute Gasteiger partial charge is 0.393 e. The third kappa shape index (κ3) is 2.24. The highest BCUT2D eigenvalue weighted by Crippen LogP contribution is 2.49. The Hall–Kier alpha value is -1.12. The van der Waals surface area contributed by atoms with Crippen LogP contribution in [0, 0.1) is 35.0 Å². The van der Waals surface area contributed by atoms with Gasteiger partial charge in [0, 0.05) is 0 Å². The molecule has 3 nitrogen and oxygen atoms in total. The predicted molar refractivity (Wildman–Crippen MR) is 73.1 cm³/mol. The van der Waals surface area contributed by atoms with Crippen LogP contribution in [0.3, 0.4) is 0 Å². The first-order valence-electron chi connectivity index (χ1n) is 7.08. The SMILES string of the molecule is CC1=CC(C(C)C(C)(C)C)C2C(=O)OC(=O)C2C1C. The lowest BCUT2D eigenvalue weighted by Crippen LogP contribution is -2.40. The first kappa shape index (κ1) is 14.3. The lowest BCUT2D eigenvalue weighted by Gasteiger charge is -2.40. The number of ether oxygens (including phenoxy) is 1. The molecule has 1 saturated heterocycles. The van der Waals surface area contributed by atoms with Crippen LogP contribution < -0.4 is 0 Å². The third-order valence-electron chi connectivity index (χ3n) is 5.20. The first-order valence-corrected chi connectivity index (χ1v) is 7.08.